The molecule has 18 heavy (non-hydrogen) atoms. The highest BCUT2D eigenvalue weighted by Crippen LogP contribution is 2.19. The summed E-state index contributed by atoms with van der Waals surface area (Å²) in [6, 6.07) is 3.56. The van der Waals surface area contributed by atoms with Crippen LogP contribution in [0.4, 0.5) is 10.5 Å². The molecule has 5 heteroatoms. The van der Waals surface area contributed by atoms with E-state index in [-0.39, 0.29) is 6.03 Å². The van der Waals surface area contributed by atoms with Crippen LogP contribution in [0.2, 0.25) is 0 Å². The summed E-state index contributed by atoms with van der Waals surface area (Å²) >= 11 is 0. The minimum atomic E-state index is -0.191. The molecule has 0 aliphatic rings. The number of imidazole rings is 1. The van der Waals surface area contributed by atoms with E-state index in [4.69, 9.17) is 0 Å². The monoisotopic (exact) mass is 246 g/mol. The van der Waals surface area contributed by atoms with Gasteiger partial charge in [0.1, 0.15) is 0 Å². The largest absolute Gasteiger partial charge is 0.338 e. The fraction of sp³-hybridized carbons (Fsp3) is 0.385. The minimum Gasteiger partial charge on any atom is -0.338 e. The van der Waals surface area contributed by atoms with Crippen molar-refractivity contribution in [1.29, 1.82) is 0 Å². The van der Waals surface area contributed by atoms with E-state index >= 15 is 0 Å². The summed E-state index contributed by atoms with van der Waals surface area (Å²) in [7, 11) is 0. The Morgan fingerprint density at radius 1 is 1.44 bits per heavy atom. The molecule has 0 aromatic carbocycles. The fourth-order valence-electron chi connectivity index (χ4n) is 1.80. The maximum absolute atomic E-state index is 11.6. The number of carbonyl (C=O) groups excluding carboxylic acids is 1. The van der Waals surface area contributed by atoms with E-state index < -0.39 is 0 Å². The third kappa shape index (κ3) is 2.30. The van der Waals surface area contributed by atoms with E-state index in [0.29, 0.717) is 6.54 Å². The summed E-state index contributed by atoms with van der Waals surface area (Å²) in [5.41, 5.74) is 3.56. The number of aromatic nitrogens is 2. The highest BCUT2D eigenvalue weighted by atomic mass is 16.2. The normalized spacial score (nSPS) is 10.6. The third-order valence-electron chi connectivity index (χ3n) is 2.91. The molecule has 0 unspecified atom stereocenters. The molecule has 0 fully saturated rings. The molecule has 2 amide bonds. The number of urea groups is 1. The van der Waals surface area contributed by atoms with Gasteiger partial charge in [-0.2, -0.15) is 0 Å². The molecule has 2 N–H and O–H groups in total. The first-order valence-electron chi connectivity index (χ1n) is 6.12. The summed E-state index contributed by atoms with van der Waals surface area (Å²) in [6.07, 6.45) is 2.86. The number of fused-ring (bicyclic) bond motifs is 1. The van der Waals surface area contributed by atoms with E-state index in [9.17, 15) is 4.79 Å². The zero-order valence-corrected chi connectivity index (χ0v) is 10.9. The zero-order chi connectivity index (χ0) is 13.1. The number of pyridine rings is 1. The van der Waals surface area contributed by atoms with Crippen molar-refractivity contribution in [2.75, 3.05) is 11.9 Å². The predicted molar refractivity (Wildman–Crippen MR) is 72.0 cm³/mol. The number of aryl methyl sites for hydroxylation is 2. The number of amides is 2. The average molecular weight is 246 g/mol. The van der Waals surface area contributed by atoms with Gasteiger partial charge in [-0.15, -0.1) is 0 Å². The van der Waals surface area contributed by atoms with Gasteiger partial charge in [0.25, 0.3) is 0 Å². The van der Waals surface area contributed by atoms with Crippen LogP contribution in [-0.2, 0) is 0 Å². The molecule has 0 saturated carbocycles. The Hall–Kier alpha value is -2.04. The van der Waals surface area contributed by atoms with Crippen molar-refractivity contribution in [3.8, 4) is 0 Å². The molecule has 2 aromatic heterocycles. The molecule has 0 radical (unpaired) electrons. The van der Waals surface area contributed by atoms with Gasteiger partial charge in [0.2, 0.25) is 0 Å². The fourth-order valence-corrected chi connectivity index (χ4v) is 1.80. The lowest BCUT2D eigenvalue weighted by molar-refractivity contribution is 0.252. The Balaban J connectivity index is 2.28. The van der Waals surface area contributed by atoms with E-state index in [1.807, 2.05) is 43.5 Å². The van der Waals surface area contributed by atoms with Gasteiger partial charge in [0, 0.05) is 18.4 Å². The Bertz CT molecular complexity index is 574. The van der Waals surface area contributed by atoms with Gasteiger partial charge in [-0.25, -0.2) is 9.78 Å². The van der Waals surface area contributed by atoms with Crippen LogP contribution >= 0.6 is 0 Å². The van der Waals surface area contributed by atoms with Gasteiger partial charge in [-0.05, 0) is 32.4 Å². The zero-order valence-electron chi connectivity index (χ0n) is 10.9. The third-order valence-corrected chi connectivity index (χ3v) is 2.91. The number of hydrogen-bond acceptors (Lipinski definition) is 2. The first-order chi connectivity index (χ1) is 8.63. The molecule has 0 saturated heterocycles. The van der Waals surface area contributed by atoms with Crippen LogP contribution < -0.4 is 10.6 Å². The second kappa shape index (κ2) is 5.08. The Labute approximate surface area is 106 Å². The number of rotatable bonds is 3. The van der Waals surface area contributed by atoms with Gasteiger partial charge < -0.3 is 15.0 Å². The number of anilines is 1. The summed E-state index contributed by atoms with van der Waals surface area (Å²) in [4.78, 5) is 16.1. The quantitative estimate of drug-likeness (QED) is 0.874. The van der Waals surface area contributed by atoms with E-state index in [1.54, 1.807) is 0 Å². The van der Waals surface area contributed by atoms with Gasteiger partial charge in [0.05, 0.1) is 11.4 Å². The Morgan fingerprint density at radius 2 is 2.22 bits per heavy atom. The van der Waals surface area contributed by atoms with Crippen molar-refractivity contribution in [2.24, 2.45) is 0 Å². The van der Waals surface area contributed by atoms with Crippen LogP contribution in [0.3, 0.4) is 0 Å². The Morgan fingerprint density at radius 3 is 2.94 bits per heavy atom. The SMILES string of the molecule is CCCNC(=O)Nc1cccn2c(C)c(C)nc12. The molecule has 0 aliphatic heterocycles. The standard InChI is InChI=1S/C13H18N4O/c1-4-7-14-13(18)16-11-6-5-8-17-10(3)9(2)15-12(11)17/h5-6,8H,4,7H2,1-3H3,(H2,14,16,18). The number of carbonyl (C=O) groups is 1. The number of nitrogens with zero attached hydrogens (tertiary/aromatic N) is 2. The molecule has 2 rings (SSSR count). The molecule has 0 spiro atoms. The molecule has 2 aromatic rings. The van der Waals surface area contributed by atoms with Gasteiger partial charge in [0.15, 0.2) is 5.65 Å². The van der Waals surface area contributed by atoms with Crippen LogP contribution in [0.25, 0.3) is 5.65 Å². The first-order valence-corrected chi connectivity index (χ1v) is 6.12. The summed E-state index contributed by atoms with van der Waals surface area (Å²) < 4.78 is 1.98. The first kappa shape index (κ1) is 12.4. The van der Waals surface area contributed by atoms with E-state index in [2.05, 4.69) is 15.6 Å². The van der Waals surface area contributed by atoms with Crippen molar-refractivity contribution < 1.29 is 4.79 Å². The van der Waals surface area contributed by atoms with Crippen LogP contribution in [0, 0.1) is 13.8 Å². The molecule has 0 aliphatic carbocycles. The number of nitrogens with one attached hydrogen (secondary N) is 2. The smallest absolute Gasteiger partial charge is 0.319 e. The van der Waals surface area contributed by atoms with Crippen molar-refractivity contribution in [3.63, 3.8) is 0 Å². The topological polar surface area (TPSA) is 58.4 Å². The van der Waals surface area contributed by atoms with Crippen LogP contribution in [0.5, 0.6) is 0 Å². The molecular weight excluding hydrogens is 228 g/mol. The van der Waals surface area contributed by atoms with Crippen molar-refractivity contribution >= 4 is 17.4 Å². The molecule has 2 heterocycles. The van der Waals surface area contributed by atoms with Gasteiger partial charge in [-0.1, -0.05) is 6.92 Å². The average Bonchev–Trinajstić information content (AvgIpc) is 2.65. The van der Waals surface area contributed by atoms with Crippen molar-refractivity contribution in [1.82, 2.24) is 14.7 Å². The summed E-state index contributed by atoms with van der Waals surface area (Å²) in [5.74, 6) is 0. The van der Waals surface area contributed by atoms with E-state index in [1.165, 1.54) is 0 Å². The van der Waals surface area contributed by atoms with Crippen molar-refractivity contribution in [3.05, 3.63) is 29.7 Å². The summed E-state index contributed by atoms with van der Waals surface area (Å²) in [5, 5.41) is 5.61. The molecule has 5 nitrogen and oxygen atoms in total. The van der Waals surface area contributed by atoms with Gasteiger partial charge >= 0.3 is 6.03 Å². The highest BCUT2D eigenvalue weighted by molar-refractivity contribution is 5.93. The Kier molecular flexibility index (Phi) is 3.50. The molecule has 0 bridgehead atoms. The maximum Gasteiger partial charge on any atom is 0.319 e. The van der Waals surface area contributed by atoms with Gasteiger partial charge in [-0.3, -0.25) is 0 Å². The minimum absolute atomic E-state index is 0.191. The molecule has 0 atom stereocenters. The second-order valence-corrected chi connectivity index (χ2v) is 4.28. The maximum atomic E-state index is 11.6. The predicted octanol–water partition coefficient (Wildman–Crippen LogP) is 2.48. The highest BCUT2D eigenvalue weighted by Gasteiger charge is 2.10. The number of hydrogen-bond donors (Lipinski definition) is 2. The lowest BCUT2D eigenvalue weighted by atomic mass is 10.4. The van der Waals surface area contributed by atoms with E-state index in [0.717, 1.165) is 29.1 Å². The lowest BCUT2D eigenvalue weighted by Gasteiger charge is -2.07. The second-order valence-electron chi connectivity index (χ2n) is 4.28. The molecular formula is C13H18N4O. The van der Waals surface area contributed by atoms with Crippen LogP contribution in [0.1, 0.15) is 24.7 Å². The van der Waals surface area contributed by atoms with Crippen LogP contribution in [-0.4, -0.2) is 22.0 Å². The summed E-state index contributed by atoms with van der Waals surface area (Å²) in [6.45, 7) is 6.66. The lowest BCUT2D eigenvalue weighted by Crippen LogP contribution is -2.29. The van der Waals surface area contributed by atoms with Crippen molar-refractivity contribution in [2.45, 2.75) is 27.2 Å². The molecule has 96 valence electrons. The van der Waals surface area contributed by atoms with Crippen LogP contribution in [0.15, 0.2) is 18.3 Å².